The van der Waals surface area contributed by atoms with Crippen molar-refractivity contribution in [2.24, 2.45) is 0 Å². The first-order valence-electron chi connectivity index (χ1n) is 5.98. The Hall–Kier alpha value is -1.98. The fourth-order valence-corrected chi connectivity index (χ4v) is 2.56. The molecule has 0 unspecified atom stereocenters. The molecule has 0 saturated carbocycles. The third-order valence-electron chi connectivity index (χ3n) is 2.74. The number of nitrogens with one attached hydrogen (secondary N) is 1. The van der Waals surface area contributed by atoms with Gasteiger partial charge >= 0.3 is 0 Å². The van der Waals surface area contributed by atoms with Crippen LogP contribution >= 0.6 is 22.9 Å². The number of nitrogens with zero attached hydrogens (tertiary/aromatic N) is 3. The van der Waals surface area contributed by atoms with Gasteiger partial charge in [0.05, 0.1) is 5.69 Å². The van der Waals surface area contributed by atoms with E-state index in [0.717, 1.165) is 27.0 Å². The van der Waals surface area contributed by atoms with Crippen LogP contribution in [0.5, 0.6) is 0 Å². The van der Waals surface area contributed by atoms with Crippen LogP contribution in [-0.4, -0.2) is 15.0 Å². The second kappa shape index (κ2) is 5.56. The van der Waals surface area contributed by atoms with Crippen LogP contribution in [0.1, 0.15) is 5.56 Å². The largest absolute Gasteiger partial charge is 0.300 e. The topological polar surface area (TPSA) is 50.7 Å². The van der Waals surface area contributed by atoms with Gasteiger partial charge in [-0.05, 0) is 30.7 Å². The fourth-order valence-electron chi connectivity index (χ4n) is 1.73. The third-order valence-corrected chi connectivity index (χ3v) is 3.92. The predicted molar refractivity (Wildman–Crippen MR) is 82.6 cm³/mol. The van der Waals surface area contributed by atoms with E-state index in [0.29, 0.717) is 5.95 Å². The first kappa shape index (κ1) is 13.0. The molecule has 0 aliphatic heterocycles. The van der Waals surface area contributed by atoms with E-state index in [9.17, 15) is 0 Å². The number of thiazole rings is 1. The van der Waals surface area contributed by atoms with Crippen LogP contribution in [0.15, 0.2) is 42.0 Å². The molecular weight excluding hydrogens is 292 g/mol. The summed E-state index contributed by atoms with van der Waals surface area (Å²) < 4.78 is 0. The van der Waals surface area contributed by atoms with Crippen LogP contribution < -0.4 is 5.32 Å². The number of rotatable bonds is 3. The molecule has 1 aromatic carbocycles. The minimum Gasteiger partial charge on any atom is -0.300 e. The lowest BCUT2D eigenvalue weighted by molar-refractivity contribution is 1.16. The van der Waals surface area contributed by atoms with Crippen LogP contribution in [-0.2, 0) is 0 Å². The molecule has 0 atom stereocenters. The van der Waals surface area contributed by atoms with Crippen LogP contribution in [0.3, 0.4) is 0 Å². The first-order valence-corrected chi connectivity index (χ1v) is 7.24. The summed E-state index contributed by atoms with van der Waals surface area (Å²) >= 11 is 7.55. The summed E-state index contributed by atoms with van der Waals surface area (Å²) in [6.07, 6.45) is 3.37. The van der Waals surface area contributed by atoms with Crippen molar-refractivity contribution in [3.63, 3.8) is 0 Å². The Morgan fingerprint density at radius 2 is 2.00 bits per heavy atom. The summed E-state index contributed by atoms with van der Waals surface area (Å²) in [5, 5.41) is 6.60. The number of hydrogen-bond donors (Lipinski definition) is 1. The molecule has 4 nitrogen and oxygen atoms in total. The maximum absolute atomic E-state index is 6.03. The second-order valence-corrected chi connectivity index (χ2v) is 5.46. The summed E-state index contributed by atoms with van der Waals surface area (Å²) in [6, 6.07) is 7.65. The van der Waals surface area contributed by atoms with Crippen LogP contribution in [0.4, 0.5) is 11.1 Å². The molecule has 20 heavy (non-hydrogen) atoms. The van der Waals surface area contributed by atoms with Crippen molar-refractivity contribution >= 4 is 34.0 Å². The number of halogens is 1. The van der Waals surface area contributed by atoms with Crippen molar-refractivity contribution in [1.82, 2.24) is 15.0 Å². The highest BCUT2D eigenvalue weighted by Crippen LogP contribution is 2.28. The minimum absolute atomic E-state index is 0.542. The van der Waals surface area contributed by atoms with E-state index >= 15 is 0 Å². The summed E-state index contributed by atoms with van der Waals surface area (Å²) in [6.45, 7) is 1.98. The summed E-state index contributed by atoms with van der Waals surface area (Å²) in [7, 11) is 0. The lowest BCUT2D eigenvalue weighted by Gasteiger charge is -2.01. The molecule has 1 N–H and O–H groups in total. The minimum atomic E-state index is 0.542. The first-order chi connectivity index (χ1) is 9.72. The molecule has 2 heterocycles. The molecule has 0 fully saturated rings. The van der Waals surface area contributed by atoms with Gasteiger partial charge in [0.1, 0.15) is 0 Å². The van der Waals surface area contributed by atoms with Gasteiger partial charge in [-0.15, -0.1) is 11.3 Å². The maximum atomic E-state index is 6.03. The van der Waals surface area contributed by atoms with Gasteiger partial charge in [-0.1, -0.05) is 17.7 Å². The van der Waals surface area contributed by atoms with Crippen LogP contribution in [0, 0.1) is 6.92 Å². The van der Waals surface area contributed by atoms with E-state index in [1.165, 1.54) is 11.3 Å². The van der Waals surface area contributed by atoms with Crippen LogP contribution in [0.25, 0.3) is 11.3 Å². The molecule has 0 spiro atoms. The molecule has 0 bridgehead atoms. The zero-order valence-electron chi connectivity index (χ0n) is 10.7. The zero-order chi connectivity index (χ0) is 13.9. The monoisotopic (exact) mass is 302 g/mol. The van der Waals surface area contributed by atoms with Gasteiger partial charge in [0.25, 0.3) is 0 Å². The van der Waals surface area contributed by atoms with Crippen molar-refractivity contribution in [1.29, 1.82) is 0 Å². The van der Waals surface area contributed by atoms with Crippen LogP contribution in [0.2, 0.25) is 5.02 Å². The van der Waals surface area contributed by atoms with Gasteiger partial charge < -0.3 is 5.32 Å². The average Bonchev–Trinajstić information content (AvgIpc) is 2.91. The molecular formula is C14H11ClN4S. The van der Waals surface area contributed by atoms with E-state index in [4.69, 9.17) is 11.6 Å². The van der Waals surface area contributed by atoms with Crippen molar-refractivity contribution in [2.75, 3.05) is 5.32 Å². The summed E-state index contributed by atoms with van der Waals surface area (Å²) in [5.41, 5.74) is 3.00. The summed E-state index contributed by atoms with van der Waals surface area (Å²) in [5.74, 6) is 0.542. The van der Waals surface area contributed by atoms with E-state index < -0.39 is 0 Å². The van der Waals surface area contributed by atoms with Gasteiger partial charge in [-0.2, -0.15) is 0 Å². The highest BCUT2D eigenvalue weighted by Gasteiger charge is 2.07. The van der Waals surface area contributed by atoms with Gasteiger partial charge in [0, 0.05) is 28.4 Å². The Morgan fingerprint density at radius 3 is 2.75 bits per heavy atom. The normalized spacial score (nSPS) is 10.5. The standard InChI is InChI=1S/C14H11ClN4S/c1-9-7-10(3-4-11(9)15)12-8-20-14(18-12)19-13-16-5-2-6-17-13/h2-8H,1H3,(H,16,17,18,19). The summed E-state index contributed by atoms with van der Waals surface area (Å²) in [4.78, 5) is 12.7. The van der Waals surface area contributed by atoms with Crippen molar-refractivity contribution in [3.8, 4) is 11.3 Å². The number of hydrogen-bond acceptors (Lipinski definition) is 5. The molecule has 0 amide bonds. The van der Waals surface area contributed by atoms with E-state index in [1.807, 2.05) is 30.5 Å². The molecule has 0 radical (unpaired) electrons. The van der Waals surface area contributed by atoms with E-state index in [1.54, 1.807) is 18.5 Å². The molecule has 0 aliphatic carbocycles. The van der Waals surface area contributed by atoms with Gasteiger partial charge in [0.2, 0.25) is 5.95 Å². The Kier molecular flexibility index (Phi) is 3.62. The van der Waals surface area contributed by atoms with E-state index in [2.05, 4.69) is 20.3 Å². The van der Waals surface area contributed by atoms with Crippen molar-refractivity contribution < 1.29 is 0 Å². The lowest BCUT2D eigenvalue weighted by Crippen LogP contribution is -1.94. The second-order valence-electron chi connectivity index (χ2n) is 4.20. The molecule has 0 aliphatic rings. The number of aryl methyl sites for hydroxylation is 1. The third kappa shape index (κ3) is 2.79. The quantitative estimate of drug-likeness (QED) is 0.783. The van der Waals surface area contributed by atoms with Gasteiger partial charge in [0.15, 0.2) is 5.13 Å². The van der Waals surface area contributed by atoms with Crippen molar-refractivity contribution in [2.45, 2.75) is 6.92 Å². The Morgan fingerprint density at radius 1 is 1.20 bits per heavy atom. The Balaban J connectivity index is 1.84. The SMILES string of the molecule is Cc1cc(-c2csc(Nc3ncccn3)n2)ccc1Cl. The average molecular weight is 303 g/mol. The fraction of sp³-hybridized carbons (Fsp3) is 0.0714. The number of benzene rings is 1. The smallest absolute Gasteiger partial charge is 0.228 e. The molecule has 3 rings (SSSR count). The predicted octanol–water partition coefficient (Wildman–Crippen LogP) is 4.31. The molecule has 6 heteroatoms. The highest BCUT2D eigenvalue weighted by atomic mass is 35.5. The highest BCUT2D eigenvalue weighted by molar-refractivity contribution is 7.14. The van der Waals surface area contributed by atoms with E-state index in [-0.39, 0.29) is 0 Å². The Labute approximate surface area is 125 Å². The molecule has 2 aromatic heterocycles. The molecule has 0 saturated heterocycles. The van der Waals surface area contributed by atoms with Gasteiger partial charge in [-0.25, -0.2) is 15.0 Å². The van der Waals surface area contributed by atoms with Crippen molar-refractivity contribution in [3.05, 3.63) is 52.6 Å². The van der Waals surface area contributed by atoms with Gasteiger partial charge in [-0.3, -0.25) is 0 Å². The zero-order valence-corrected chi connectivity index (χ0v) is 12.2. The Bertz CT molecular complexity index is 727. The molecule has 3 aromatic rings. The molecule has 100 valence electrons. The number of aromatic nitrogens is 3. The number of anilines is 2. The lowest BCUT2D eigenvalue weighted by atomic mass is 10.1. The maximum Gasteiger partial charge on any atom is 0.228 e.